The standard InChI is InChI=1S/C30H51NO2/c1-20-12-14-29(3)22(18-20)19-26(33-5)28-24-10-9-23(30(24,4)15-13-25(28)29)21(2)8-11-27(32)31-16-6-7-17-31/h20-26,28H,6-19H2,1-5H3/t20-,21-,22+,23-,24+,25+,26+,28+,29+,30-/m1/s1. The predicted molar refractivity (Wildman–Crippen MR) is 135 cm³/mol. The molecule has 3 nitrogen and oxygen atoms in total. The fourth-order valence-corrected chi connectivity index (χ4v) is 10.3. The van der Waals surface area contributed by atoms with Crippen LogP contribution in [-0.2, 0) is 9.53 Å². The Kier molecular flexibility index (Phi) is 6.69. The molecular weight excluding hydrogens is 406 g/mol. The number of ether oxygens (including phenoxy) is 1. The summed E-state index contributed by atoms with van der Waals surface area (Å²) in [4.78, 5) is 14.8. The van der Waals surface area contributed by atoms with Gasteiger partial charge in [-0.2, -0.15) is 0 Å². The summed E-state index contributed by atoms with van der Waals surface area (Å²) in [5.41, 5.74) is 0.985. The van der Waals surface area contributed by atoms with Crippen LogP contribution in [0.5, 0.6) is 0 Å². The molecule has 0 aromatic carbocycles. The van der Waals surface area contributed by atoms with Gasteiger partial charge >= 0.3 is 0 Å². The maximum absolute atomic E-state index is 12.7. The van der Waals surface area contributed by atoms with E-state index in [0.29, 0.717) is 28.8 Å². The molecule has 4 saturated carbocycles. The first-order valence-electron chi connectivity index (χ1n) is 14.6. The first-order valence-corrected chi connectivity index (χ1v) is 14.6. The number of nitrogens with zero attached hydrogens (tertiary/aromatic N) is 1. The van der Waals surface area contributed by atoms with Crippen molar-refractivity contribution < 1.29 is 9.53 Å². The lowest BCUT2D eigenvalue weighted by atomic mass is 9.43. The monoisotopic (exact) mass is 457 g/mol. The van der Waals surface area contributed by atoms with Gasteiger partial charge in [0.05, 0.1) is 6.10 Å². The van der Waals surface area contributed by atoms with Crippen molar-refractivity contribution in [3.63, 3.8) is 0 Å². The molecule has 10 atom stereocenters. The van der Waals surface area contributed by atoms with E-state index in [1.54, 1.807) is 0 Å². The van der Waals surface area contributed by atoms with Gasteiger partial charge in [0.1, 0.15) is 0 Å². The predicted octanol–water partition coefficient (Wildman–Crippen LogP) is 6.95. The third kappa shape index (κ3) is 4.01. The molecule has 4 aliphatic carbocycles. The second-order valence-corrected chi connectivity index (χ2v) is 13.7. The average molecular weight is 458 g/mol. The maximum atomic E-state index is 12.7. The van der Waals surface area contributed by atoms with Crippen LogP contribution >= 0.6 is 0 Å². The van der Waals surface area contributed by atoms with Crippen LogP contribution in [0, 0.1) is 52.3 Å². The molecule has 0 spiro atoms. The van der Waals surface area contributed by atoms with Crippen LogP contribution < -0.4 is 0 Å². The molecular formula is C30H51NO2. The minimum absolute atomic E-state index is 0.417. The Morgan fingerprint density at radius 2 is 1.70 bits per heavy atom. The maximum Gasteiger partial charge on any atom is 0.222 e. The van der Waals surface area contributed by atoms with Crippen LogP contribution in [0.4, 0.5) is 0 Å². The first-order chi connectivity index (χ1) is 15.8. The van der Waals surface area contributed by atoms with Crippen molar-refractivity contribution in [1.82, 2.24) is 4.90 Å². The molecule has 5 aliphatic rings. The van der Waals surface area contributed by atoms with Gasteiger partial charge in [-0.25, -0.2) is 0 Å². The number of rotatable bonds is 5. The Balaban J connectivity index is 1.30. The van der Waals surface area contributed by atoms with Gasteiger partial charge in [-0.05, 0) is 116 Å². The van der Waals surface area contributed by atoms with Gasteiger partial charge in [0.25, 0.3) is 0 Å². The summed E-state index contributed by atoms with van der Waals surface area (Å²) >= 11 is 0. The fourth-order valence-electron chi connectivity index (χ4n) is 10.3. The van der Waals surface area contributed by atoms with Crippen molar-refractivity contribution in [2.45, 2.75) is 111 Å². The molecule has 0 bridgehead atoms. The van der Waals surface area contributed by atoms with E-state index in [2.05, 4.69) is 32.6 Å². The van der Waals surface area contributed by atoms with Crippen molar-refractivity contribution in [2.75, 3.05) is 20.2 Å². The molecule has 188 valence electrons. The summed E-state index contributed by atoms with van der Waals surface area (Å²) in [5, 5.41) is 0. The van der Waals surface area contributed by atoms with Crippen molar-refractivity contribution in [1.29, 1.82) is 0 Å². The number of fused-ring (bicyclic) bond motifs is 5. The number of carbonyl (C=O) groups is 1. The van der Waals surface area contributed by atoms with Gasteiger partial charge in [0.2, 0.25) is 5.91 Å². The van der Waals surface area contributed by atoms with E-state index in [4.69, 9.17) is 4.74 Å². The van der Waals surface area contributed by atoms with E-state index in [1.165, 1.54) is 64.2 Å². The van der Waals surface area contributed by atoms with E-state index < -0.39 is 0 Å². The van der Waals surface area contributed by atoms with Gasteiger partial charge in [-0.1, -0.05) is 34.1 Å². The minimum Gasteiger partial charge on any atom is -0.381 e. The fraction of sp³-hybridized carbons (Fsp3) is 0.967. The van der Waals surface area contributed by atoms with Gasteiger partial charge in [0, 0.05) is 26.6 Å². The van der Waals surface area contributed by atoms with E-state index in [-0.39, 0.29) is 0 Å². The number of methoxy groups -OCH3 is 1. The summed E-state index contributed by atoms with van der Waals surface area (Å²) in [7, 11) is 2.00. The SMILES string of the molecule is CO[C@H]1C[C@@H]2C[C@H](C)CC[C@]2(C)[C@H]2CC[C@]3(C)[C@@H]([C@H](C)CCC(=O)N4CCCC4)CC[C@H]3[C@H]12. The van der Waals surface area contributed by atoms with Crippen LogP contribution in [0.15, 0.2) is 0 Å². The van der Waals surface area contributed by atoms with Gasteiger partial charge < -0.3 is 9.64 Å². The molecule has 3 heteroatoms. The molecule has 0 aromatic heterocycles. The van der Waals surface area contributed by atoms with Crippen molar-refractivity contribution in [3.05, 3.63) is 0 Å². The largest absolute Gasteiger partial charge is 0.381 e. The summed E-state index contributed by atoms with van der Waals surface area (Å²) in [6.45, 7) is 12.3. The number of hydrogen-bond acceptors (Lipinski definition) is 2. The Morgan fingerprint density at radius 3 is 2.42 bits per heavy atom. The van der Waals surface area contributed by atoms with Crippen LogP contribution in [0.2, 0.25) is 0 Å². The number of likely N-dealkylation sites (tertiary alicyclic amines) is 1. The zero-order valence-electron chi connectivity index (χ0n) is 22.3. The molecule has 1 amide bonds. The Hall–Kier alpha value is -0.570. The first kappa shape index (κ1) is 24.1. The highest BCUT2D eigenvalue weighted by Crippen LogP contribution is 2.69. The Morgan fingerprint density at radius 1 is 1.00 bits per heavy atom. The second kappa shape index (κ2) is 9.14. The number of amides is 1. The zero-order valence-corrected chi connectivity index (χ0v) is 22.3. The van der Waals surface area contributed by atoms with E-state index in [0.717, 1.165) is 61.4 Å². The molecule has 5 rings (SSSR count). The topological polar surface area (TPSA) is 29.5 Å². The summed E-state index contributed by atoms with van der Waals surface area (Å²) < 4.78 is 6.32. The molecule has 33 heavy (non-hydrogen) atoms. The second-order valence-electron chi connectivity index (χ2n) is 13.7. The molecule has 1 heterocycles. The smallest absolute Gasteiger partial charge is 0.222 e. The van der Waals surface area contributed by atoms with Crippen LogP contribution in [0.3, 0.4) is 0 Å². The van der Waals surface area contributed by atoms with Crippen molar-refractivity contribution >= 4 is 5.91 Å². The molecule has 0 aromatic rings. The van der Waals surface area contributed by atoms with E-state index >= 15 is 0 Å². The quantitative estimate of drug-likeness (QED) is 0.447. The van der Waals surface area contributed by atoms with E-state index in [9.17, 15) is 4.79 Å². The average Bonchev–Trinajstić information content (AvgIpc) is 3.45. The molecule has 5 fully saturated rings. The molecule has 1 aliphatic heterocycles. The molecule has 0 radical (unpaired) electrons. The third-order valence-electron chi connectivity index (χ3n) is 12.3. The lowest BCUT2D eigenvalue weighted by molar-refractivity contribution is -0.176. The summed E-state index contributed by atoms with van der Waals surface area (Å²) in [5.74, 6) is 6.05. The summed E-state index contributed by atoms with van der Waals surface area (Å²) in [6, 6.07) is 0. The molecule has 0 N–H and O–H groups in total. The minimum atomic E-state index is 0.417. The van der Waals surface area contributed by atoms with Gasteiger partial charge in [0.15, 0.2) is 0 Å². The highest BCUT2D eigenvalue weighted by Gasteiger charge is 2.63. The Bertz CT molecular complexity index is 716. The number of carbonyl (C=O) groups excluding carboxylic acids is 1. The lowest BCUT2D eigenvalue weighted by Crippen LogP contribution is -2.58. The van der Waals surface area contributed by atoms with Crippen LogP contribution in [-0.4, -0.2) is 37.1 Å². The normalized spacial score (nSPS) is 48.2. The molecule has 0 unspecified atom stereocenters. The highest BCUT2D eigenvalue weighted by molar-refractivity contribution is 5.76. The van der Waals surface area contributed by atoms with Crippen molar-refractivity contribution in [2.24, 2.45) is 52.3 Å². The van der Waals surface area contributed by atoms with E-state index in [1.807, 2.05) is 7.11 Å². The van der Waals surface area contributed by atoms with Gasteiger partial charge in [-0.3, -0.25) is 4.79 Å². The third-order valence-corrected chi connectivity index (χ3v) is 12.3. The van der Waals surface area contributed by atoms with Crippen LogP contribution in [0.25, 0.3) is 0 Å². The highest BCUT2D eigenvalue weighted by atomic mass is 16.5. The Labute approximate surface area is 203 Å². The zero-order chi connectivity index (χ0) is 23.4. The van der Waals surface area contributed by atoms with Gasteiger partial charge in [-0.15, -0.1) is 0 Å². The van der Waals surface area contributed by atoms with Crippen LogP contribution in [0.1, 0.15) is 105 Å². The molecule has 1 saturated heterocycles. The number of hydrogen-bond donors (Lipinski definition) is 0. The summed E-state index contributed by atoms with van der Waals surface area (Å²) in [6.07, 6.45) is 15.9. The lowest BCUT2D eigenvalue weighted by Gasteiger charge is -2.63. The van der Waals surface area contributed by atoms with Crippen molar-refractivity contribution in [3.8, 4) is 0 Å².